The van der Waals surface area contributed by atoms with Crippen molar-refractivity contribution in [2.24, 2.45) is 0 Å². The molecule has 3 rings (SSSR count). The summed E-state index contributed by atoms with van der Waals surface area (Å²) in [5.74, 6) is -0.201. The van der Waals surface area contributed by atoms with Gasteiger partial charge in [0.15, 0.2) is 0 Å². The number of aryl methyl sites for hydroxylation is 1. The Kier molecular flexibility index (Phi) is 3.69. The zero-order chi connectivity index (χ0) is 14.7. The van der Waals surface area contributed by atoms with Gasteiger partial charge < -0.3 is 5.32 Å². The summed E-state index contributed by atoms with van der Waals surface area (Å²) in [5.41, 5.74) is 4.00. The van der Waals surface area contributed by atoms with Gasteiger partial charge in [-0.2, -0.15) is 5.10 Å². The van der Waals surface area contributed by atoms with E-state index in [0.29, 0.717) is 6.54 Å². The fraction of sp³-hybridized carbons (Fsp3) is 0.118. The van der Waals surface area contributed by atoms with Crippen LogP contribution in [0, 0.1) is 12.7 Å². The number of para-hydroxylation sites is 2. The first-order valence-corrected chi connectivity index (χ1v) is 6.82. The molecule has 0 aliphatic carbocycles. The maximum Gasteiger partial charge on any atom is 0.123 e. The molecule has 3 aromatic rings. The second kappa shape index (κ2) is 5.79. The van der Waals surface area contributed by atoms with E-state index in [1.807, 2.05) is 54.2 Å². The Balaban J connectivity index is 1.83. The Morgan fingerprint density at radius 3 is 2.76 bits per heavy atom. The smallest absolute Gasteiger partial charge is 0.123 e. The number of aromatic nitrogens is 2. The average molecular weight is 281 g/mol. The highest BCUT2D eigenvalue weighted by Crippen LogP contribution is 2.20. The fourth-order valence-corrected chi connectivity index (χ4v) is 2.28. The molecule has 0 amide bonds. The predicted molar refractivity (Wildman–Crippen MR) is 82.0 cm³/mol. The average Bonchev–Trinajstić information content (AvgIpc) is 3.01. The van der Waals surface area contributed by atoms with E-state index in [-0.39, 0.29) is 5.82 Å². The van der Waals surface area contributed by atoms with Crippen LogP contribution in [0.15, 0.2) is 60.9 Å². The van der Waals surface area contributed by atoms with E-state index in [9.17, 15) is 4.39 Å². The molecule has 106 valence electrons. The number of benzene rings is 2. The van der Waals surface area contributed by atoms with Gasteiger partial charge in [-0.3, -0.25) is 0 Å². The van der Waals surface area contributed by atoms with Crippen molar-refractivity contribution in [2.45, 2.75) is 13.5 Å². The molecule has 0 unspecified atom stereocenters. The first-order chi connectivity index (χ1) is 10.2. The molecule has 3 nitrogen and oxygen atoms in total. The molecule has 0 atom stereocenters. The number of rotatable bonds is 4. The van der Waals surface area contributed by atoms with Crippen LogP contribution in [0.3, 0.4) is 0 Å². The number of nitrogens with zero attached hydrogens (tertiary/aromatic N) is 2. The lowest BCUT2D eigenvalue weighted by atomic mass is 10.1. The van der Waals surface area contributed by atoms with Gasteiger partial charge >= 0.3 is 0 Å². The minimum Gasteiger partial charge on any atom is -0.379 e. The SMILES string of the molecule is Cc1cc(F)ccc1CNc1ccccc1-n1cccn1. The van der Waals surface area contributed by atoms with Crippen LogP contribution in [0.4, 0.5) is 10.1 Å². The molecule has 21 heavy (non-hydrogen) atoms. The number of hydrogen-bond donors (Lipinski definition) is 1. The maximum absolute atomic E-state index is 13.1. The zero-order valence-electron chi connectivity index (χ0n) is 11.8. The fourth-order valence-electron chi connectivity index (χ4n) is 2.28. The van der Waals surface area contributed by atoms with Crippen LogP contribution >= 0.6 is 0 Å². The standard InChI is InChI=1S/C17H16FN3/c1-13-11-15(18)8-7-14(13)12-19-16-5-2-3-6-17(16)21-10-4-9-20-21/h2-11,19H,12H2,1H3. The predicted octanol–water partition coefficient (Wildman–Crippen LogP) is 3.93. The molecular formula is C17H16FN3. The van der Waals surface area contributed by atoms with Crippen LogP contribution in [0.5, 0.6) is 0 Å². The molecule has 1 N–H and O–H groups in total. The Morgan fingerprint density at radius 2 is 2.00 bits per heavy atom. The van der Waals surface area contributed by atoms with E-state index >= 15 is 0 Å². The van der Waals surface area contributed by atoms with Gasteiger partial charge in [-0.25, -0.2) is 9.07 Å². The van der Waals surface area contributed by atoms with Crippen molar-refractivity contribution in [3.63, 3.8) is 0 Å². The van der Waals surface area contributed by atoms with Crippen molar-refractivity contribution in [3.8, 4) is 5.69 Å². The van der Waals surface area contributed by atoms with Crippen molar-refractivity contribution in [2.75, 3.05) is 5.32 Å². The third-order valence-electron chi connectivity index (χ3n) is 3.43. The number of hydrogen-bond acceptors (Lipinski definition) is 2. The van der Waals surface area contributed by atoms with Gasteiger partial charge in [0.25, 0.3) is 0 Å². The van der Waals surface area contributed by atoms with Crippen molar-refractivity contribution in [3.05, 3.63) is 77.9 Å². The lowest BCUT2D eigenvalue weighted by molar-refractivity contribution is 0.625. The number of anilines is 1. The molecule has 1 aromatic heterocycles. The van der Waals surface area contributed by atoms with Crippen LogP contribution in [0.1, 0.15) is 11.1 Å². The van der Waals surface area contributed by atoms with Gasteiger partial charge in [-0.1, -0.05) is 18.2 Å². The minimum atomic E-state index is -0.201. The van der Waals surface area contributed by atoms with Crippen LogP contribution in [-0.4, -0.2) is 9.78 Å². The van der Waals surface area contributed by atoms with Crippen molar-refractivity contribution >= 4 is 5.69 Å². The Morgan fingerprint density at radius 1 is 1.14 bits per heavy atom. The summed E-state index contributed by atoms with van der Waals surface area (Å²) in [6.07, 6.45) is 3.66. The summed E-state index contributed by atoms with van der Waals surface area (Å²) < 4.78 is 14.9. The van der Waals surface area contributed by atoms with Crippen molar-refractivity contribution in [1.29, 1.82) is 0 Å². The minimum absolute atomic E-state index is 0.201. The summed E-state index contributed by atoms with van der Waals surface area (Å²) in [4.78, 5) is 0. The third kappa shape index (κ3) is 2.94. The van der Waals surface area contributed by atoms with Gasteiger partial charge in [0.1, 0.15) is 5.82 Å². The number of nitrogens with one attached hydrogen (secondary N) is 1. The summed E-state index contributed by atoms with van der Waals surface area (Å²) in [6.45, 7) is 2.56. The Labute approximate surface area is 123 Å². The summed E-state index contributed by atoms with van der Waals surface area (Å²) in [5, 5.41) is 7.65. The highest BCUT2D eigenvalue weighted by atomic mass is 19.1. The molecule has 0 radical (unpaired) electrons. The second-order valence-electron chi connectivity index (χ2n) is 4.89. The van der Waals surface area contributed by atoms with E-state index in [1.165, 1.54) is 6.07 Å². The Bertz CT molecular complexity index is 736. The molecule has 2 aromatic carbocycles. The van der Waals surface area contributed by atoms with Crippen molar-refractivity contribution in [1.82, 2.24) is 9.78 Å². The molecule has 0 fully saturated rings. The monoisotopic (exact) mass is 281 g/mol. The van der Waals surface area contributed by atoms with Gasteiger partial charge in [0.2, 0.25) is 0 Å². The molecule has 0 saturated heterocycles. The lowest BCUT2D eigenvalue weighted by Gasteiger charge is -2.13. The molecule has 0 bridgehead atoms. The summed E-state index contributed by atoms with van der Waals surface area (Å²) >= 11 is 0. The highest BCUT2D eigenvalue weighted by molar-refractivity contribution is 5.60. The molecule has 1 heterocycles. The van der Waals surface area contributed by atoms with E-state index in [4.69, 9.17) is 0 Å². The van der Waals surface area contributed by atoms with Crippen LogP contribution < -0.4 is 5.32 Å². The molecule has 0 aliphatic heterocycles. The summed E-state index contributed by atoms with van der Waals surface area (Å²) in [6, 6.07) is 14.7. The van der Waals surface area contributed by atoms with Crippen LogP contribution in [0.25, 0.3) is 5.69 Å². The number of halogens is 1. The lowest BCUT2D eigenvalue weighted by Crippen LogP contribution is -2.05. The molecule has 0 aliphatic rings. The van der Waals surface area contributed by atoms with Crippen LogP contribution in [0.2, 0.25) is 0 Å². The Hall–Kier alpha value is -2.62. The quantitative estimate of drug-likeness (QED) is 0.785. The van der Waals surface area contributed by atoms with E-state index in [2.05, 4.69) is 10.4 Å². The van der Waals surface area contributed by atoms with Gasteiger partial charge in [0, 0.05) is 18.9 Å². The molecular weight excluding hydrogens is 265 g/mol. The molecule has 4 heteroatoms. The second-order valence-corrected chi connectivity index (χ2v) is 4.89. The maximum atomic E-state index is 13.1. The van der Waals surface area contributed by atoms with E-state index in [0.717, 1.165) is 22.5 Å². The zero-order valence-corrected chi connectivity index (χ0v) is 11.8. The van der Waals surface area contributed by atoms with E-state index in [1.54, 1.807) is 12.3 Å². The topological polar surface area (TPSA) is 29.9 Å². The molecule has 0 saturated carbocycles. The molecule has 0 spiro atoms. The van der Waals surface area contributed by atoms with Crippen LogP contribution in [-0.2, 0) is 6.54 Å². The van der Waals surface area contributed by atoms with Crippen molar-refractivity contribution < 1.29 is 4.39 Å². The first-order valence-electron chi connectivity index (χ1n) is 6.82. The third-order valence-corrected chi connectivity index (χ3v) is 3.43. The first kappa shape index (κ1) is 13.4. The normalized spacial score (nSPS) is 10.6. The van der Waals surface area contributed by atoms with Gasteiger partial charge in [0.05, 0.1) is 11.4 Å². The largest absolute Gasteiger partial charge is 0.379 e. The highest BCUT2D eigenvalue weighted by Gasteiger charge is 2.05. The van der Waals surface area contributed by atoms with E-state index < -0.39 is 0 Å². The summed E-state index contributed by atoms with van der Waals surface area (Å²) in [7, 11) is 0. The van der Waals surface area contributed by atoms with Gasteiger partial charge in [-0.15, -0.1) is 0 Å². The van der Waals surface area contributed by atoms with Gasteiger partial charge in [-0.05, 0) is 48.4 Å².